The molecule has 0 heterocycles. The SMILES string of the molecule is O=C(CCc1cc(F)ccc1Br)NCCF. The van der Waals surface area contributed by atoms with Crippen molar-refractivity contribution in [2.75, 3.05) is 13.2 Å². The van der Waals surface area contributed by atoms with E-state index < -0.39 is 6.67 Å². The Labute approximate surface area is 101 Å². The lowest BCUT2D eigenvalue weighted by Gasteiger charge is -2.05. The van der Waals surface area contributed by atoms with Crippen molar-refractivity contribution in [2.24, 2.45) is 0 Å². The van der Waals surface area contributed by atoms with Gasteiger partial charge in [0.25, 0.3) is 0 Å². The van der Waals surface area contributed by atoms with Crippen molar-refractivity contribution in [2.45, 2.75) is 12.8 Å². The van der Waals surface area contributed by atoms with Gasteiger partial charge in [-0.25, -0.2) is 8.78 Å². The number of hydrogen-bond acceptors (Lipinski definition) is 1. The third-order valence-electron chi connectivity index (χ3n) is 2.05. The van der Waals surface area contributed by atoms with Gasteiger partial charge in [-0.05, 0) is 30.2 Å². The number of hydrogen-bond donors (Lipinski definition) is 1. The monoisotopic (exact) mass is 291 g/mol. The summed E-state index contributed by atoms with van der Waals surface area (Å²) in [5.41, 5.74) is 0.732. The Bertz CT molecular complexity index is 371. The first-order valence-corrected chi connectivity index (χ1v) is 5.69. The highest BCUT2D eigenvalue weighted by Crippen LogP contribution is 2.19. The zero-order valence-corrected chi connectivity index (χ0v) is 10.2. The number of rotatable bonds is 5. The second-order valence-electron chi connectivity index (χ2n) is 3.27. The molecule has 0 spiro atoms. The Morgan fingerprint density at radius 2 is 2.19 bits per heavy atom. The summed E-state index contributed by atoms with van der Waals surface area (Å²) in [6.45, 7) is -0.543. The minimum Gasteiger partial charge on any atom is -0.353 e. The Morgan fingerprint density at radius 3 is 2.88 bits per heavy atom. The first-order valence-electron chi connectivity index (χ1n) is 4.90. The average Bonchev–Trinajstić information content (AvgIpc) is 2.27. The van der Waals surface area contributed by atoms with E-state index >= 15 is 0 Å². The quantitative estimate of drug-likeness (QED) is 0.888. The van der Waals surface area contributed by atoms with E-state index in [4.69, 9.17) is 0 Å². The topological polar surface area (TPSA) is 29.1 Å². The molecule has 0 saturated carbocycles. The zero-order valence-electron chi connectivity index (χ0n) is 8.60. The Hall–Kier alpha value is -0.970. The highest BCUT2D eigenvalue weighted by molar-refractivity contribution is 9.10. The van der Waals surface area contributed by atoms with Gasteiger partial charge >= 0.3 is 0 Å². The number of carbonyl (C=O) groups is 1. The van der Waals surface area contributed by atoms with Crippen molar-refractivity contribution in [3.8, 4) is 0 Å². The normalized spacial score (nSPS) is 10.2. The van der Waals surface area contributed by atoms with Crippen LogP contribution in [-0.4, -0.2) is 19.1 Å². The van der Waals surface area contributed by atoms with Crippen LogP contribution in [0.2, 0.25) is 0 Å². The van der Waals surface area contributed by atoms with Gasteiger partial charge in [0.1, 0.15) is 12.5 Å². The van der Waals surface area contributed by atoms with Gasteiger partial charge in [-0.15, -0.1) is 0 Å². The molecule has 0 fully saturated rings. The van der Waals surface area contributed by atoms with Crippen molar-refractivity contribution < 1.29 is 13.6 Å². The lowest BCUT2D eigenvalue weighted by molar-refractivity contribution is -0.121. The number of amides is 1. The van der Waals surface area contributed by atoms with Crippen molar-refractivity contribution in [3.63, 3.8) is 0 Å². The molecule has 0 saturated heterocycles. The maximum atomic E-state index is 12.9. The fourth-order valence-corrected chi connectivity index (χ4v) is 1.70. The highest BCUT2D eigenvalue weighted by Gasteiger charge is 2.05. The molecule has 1 rings (SSSR count). The molecule has 0 atom stereocenters. The van der Waals surface area contributed by atoms with Crippen LogP contribution >= 0.6 is 15.9 Å². The number of benzene rings is 1. The smallest absolute Gasteiger partial charge is 0.220 e. The van der Waals surface area contributed by atoms with Crippen LogP contribution in [0.1, 0.15) is 12.0 Å². The van der Waals surface area contributed by atoms with E-state index in [1.54, 1.807) is 6.07 Å². The molecule has 0 aliphatic carbocycles. The molecule has 0 unspecified atom stereocenters. The summed E-state index contributed by atoms with van der Waals surface area (Å²) in [7, 11) is 0. The number of carbonyl (C=O) groups excluding carboxylic acids is 1. The molecule has 1 N–H and O–H groups in total. The lowest BCUT2D eigenvalue weighted by Crippen LogP contribution is -2.25. The fourth-order valence-electron chi connectivity index (χ4n) is 1.26. The molecule has 2 nitrogen and oxygen atoms in total. The van der Waals surface area contributed by atoms with Gasteiger partial charge in [0.15, 0.2) is 0 Å². The maximum absolute atomic E-state index is 12.9. The zero-order chi connectivity index (χ0) is 12.0. The second-order valence-corrected chi connectivity index (χ2v) is 4.13. The number of aryl methyl sites for hydroxylation is 1. The van der Waals surface area contributed by atoms with Crippen molar-refractivity contribution in [1.29, 1.82) is 0 Å². The van der Waals surface area contributed by atoms with E-state index in [0.717, 1.165) is 10.0 Å². The van der Waals surface area contributed by atoms with E-state index in [0.29, 0.717) is 6.42 Å². The van der Waals surface area contributed by atoms with E-state index in [2.05, 4.69) is 21.2 Å². The predicted molar refractivity (Wildman–Crippen MR) is 61.4 cm³/mol. The van der Waals surface area contributed by atoms with Gasteiger partial charge in [0.2, 0.25) is 5.91 Å². The summed E-state index contributed by atoms with van der Waals surface area (Å²) < 4.78 is 25.4. The number of halogens is 3. The summed E-state index contributed by atoms with van der Waals surface area (Å²) in [6.07, 6.45) is 0.651. The second kappa shape index (κ2) is 6.58. The molecule has 0 aliphatic rings. The van der Waals surface area contributed by atoms with Crippen LogP contribution in [0.25, 0.3) is 0 Å². The molecule has 5 heteroatoms. The molecule has 0 bridgehead atoms. The molecule has 1 aromatic carbocycles. The van der Waals surface area contributed by atoms with Gasteiger partial charge in [0, 0.05) is 17.4 Å². The van der Waals surface area contributed by atoms with Gasteiger partial charge in [-0.1, -0.05) is 15.9 Å². The number of nitrogens with one attached hydrogen (secondary N) is 1. The summed E-state index contributed by atoms with van der Waals surface area (Å²) in [6, 6.07) is 4.33. The fraction of sp³-hybridized carbons (Fsp3) is 0.364. The summed E-state index contributed by atoms with van der Waals surface area (Å²) in [5, 5.41) is 2.41. The van der Waals surface area contributed by atoms with Crippen molar-refractivity contribution in [3.05, 3.63) is 34.1 Å². The van der Waals surface area contributed by atoms with Crippen molar-refractivity contribution >= 4 is 21.8 Å². The van der Waals surface area contributed by atoms with Crippen LogP contribution in [0.15, 0.2) is 22.7 Å². The van der Waals surface area contributed by atoms with Crippen LogP contribution in [0.3, 0.4) is 0 Å². The molecule has 1 aromatic rings. The van der Waals surface area contributed by atoms with Crippen LogP contribution in [-0.2, 0) is 11.2 Å². The van der Waals surface area contributed by atoms with E-state index in [1.165, 1.54) is 12.1 Å². The largest absolute Gasteiger partial charge is 0.353 e. The molecule has 1 amide bonds. The van der Waals surface area contributed by atoms with E-state index in [1.807, 2.05) is 0 Å². The lowest BCUT2D eigenvalue weighted by atomic mass is 10.1. The first kappa shape index (κ1) is 13.1. The molecule has 0 aliphatic heterocycles. The minimum absolute atomic E-state index is 0.0309. The Kier molecular flexibility index (Phi) is 5.38. The third kappa shape index (κ3) is 4.26. The molecule has 0 aromatic heterocycles. The molecule has 88 valence electrons. The molecular weight excluding hydrogens is 280 g/mol. The summed E-state index contributed by atoms with van der Waals surface area (Å²) in [4.78, 5) is 11.2. The van der Waals surface area contributed by atoms with Crippen LogP contribution in [0.5, 0.6) is 0 Å². The number of alkyl halides is 1. The first-order chi connectivity index (χ1) is 7.63. The van der Waals surface area contributed by atoms with Gasteiger partial charge in [-0.3, -0.25) is 4.79 Å². The van der Waals surface area contributed by atoms with Crippen LogP contribution in [0.4, 0.5) is 8.78 Å². The van der Waals surface area contributed by atoms with Crippen LogP contribution < -0.4 is 5.32 Å². The predicted octanol–water partition coefficient (Wildman–Crippen LogP) is 2.61. The Balaban J connectivity index is 2.47. The van der Waals surface area contributed by atoms with E-state index in [9.17, 15) is 13.6 Å². The van der Waals surface area contributed by atoms with Crippen molar-refractivity contribution in [1.82, 2.24) is 5.32 Å². The Morgan fingerprint density at radius 1 is 1.44 bits per heavy atom. The maximum Gasteiger partial charge on any atom is 0.220 e. The third-order valence-corrected chi connectivity index (χ3v) is 2.82. The van der Waals surface area contributed by atoms with Crippen LogP contribution in [0, 0.1) is 5.82 Å². The van der Waals surface area contributed by atoms with E-state index in [-0.39, 0.29) is 24.7 Å². The molecule has 0 radical (unpaired) electrons. The molecular formula is C11H12BrF2NO. The minimum atomic E-state index is -0.574. The molecule has 16 heavy (non-hydrogen) atoms. The van der Waals surface area contributed by atoms with Gasteiger partial charge in [-0.2, -0.15) is 0 Å². The average molecular weight is 292 g/mol. The van der Waals surface area contributed by atoms with Gasteiger partial charge in [0.05, 0.1) is 0 Å². The van der Waals surface area contributed by atoms with Gasteiger partial charge < -0.3 is 5.32 Å². The summed E-state index contributed by atoms with van der Waals surface area (Å²) in [5.74, 6) is -0.559. The highest BCUT2D eigenvalue weighted by atomic mass is 79.9. The standard InChI is InChI=1S/C11H12BrF2NO/c12-10-3-2-9(14)7-8(10)1-4-11(16)15-6-5-13/h2-3,7H,1,4-6H2,(H,15,16). The summed E-state index contributed by atoms with van der Waals surface area (Å²) >= 11 is 3.27.